The van der Waals surface area contributed by atoms with Crippen LogP contribution < -0.4 is 5.73 Å². The molecule has 2 aromatic heterocycles. The highest BCUT2D eigenvalue weighted by molar-refractivity contribution is 5.95. The summed E-state index contributed by atoms with van der Waals surface area (Å²) in [7, 11) is 2.03. The number of anilines is 1. The summed E-state index contributed by atoms with van der Waals surface area (Å²) in [6.45, 7) is 2.04. The molecule has 0 atom stereocenters. The minimum Gasteiger partial charge on any atom is -0.428 e. The van der Waals surface area contributed by atoms with Gasteiger partial charge in [0, 0.05) is 36.1 Å². The smallest absolute Gasteiger partial charge is 0.292 e. The van der Waals surface area contributed by atoms with E-state index in [4.69, 9.17) is 10.2 Å². The lowest BCUT2D eigenvalue weighted by Gasteiger charge is -1.96. The summed E-state index contributed by atoms with van der Waals surface area (Å²) in [6.07, 6.45) is 2.85. The van der Waals surface area contributed by atoms with Gasteiger partial charge in [0.05, 0.1) is 0 Å². The van der Waals surface area contributed by atoms with Gasteiger partial charge in [-0.1, -0.05) is 25.1 Å². The third-order valence-corrected chi connectivity index (χ3v) is 3.19. The minimum absolute atomic E-state index is 0.231. The number of aryl methyl sites for hydroxylation is 2. The van der Waals surface area contributed by atoms with Crippen molar-refractivity contribution >= 4 is 16.9 Å². The fourth-order valence-electron chi connectivity index (χ4n) is 2.35. The van der Waals surface area contributed by atoms with E-state index in [0.717, 1.165) is 23.4 Å². The van der Waals surface area contributed by atoms with E-state index in [1.807, 2.05) is 26.1 Å². The molecule has 0 aliphatic heterocycles. The van der Waals surface area contributed by atoms with E-state index in [2.05, 4.69) is 27.9 Å². The number of para-hydroxylation sites is 1. The molecule has 3 aromatic rings. The van der Waals surface area contributed by atoms with E-state index < -0.39 is 0 Å². The normalized spacial score (nSPS) is 11.2. The quantitative estimate of drug-likeness (QED) is 0.750. The van der Waals surface area contributed by atoms with Gasteiger partial charge in [-0.15, -0.1) is 0 Å². The Morgan fingerprint density at radius 1 is 1.33 bits per heavy atom. The highest BCUT2D eigenvalue weighted by atomic mass is 16.4. The fourth-order valence-corrected chi connectivity index (χ4v) is 2.35. The Hall–Kier alpha value is -2.23. The zero-order valence-corrected chi connectivity index (χ0v) is 10.5. The first kappa shape index (κ1) is 10.9. The Morgan fingerprint density at radius 2 is 2.11 bits per heavy atom. The van der Waals surface area contributed by atoms with Gasteiger partial charge in [-0.2, -0.15) is 4.98 Å². The van der Waals surface area contributed by atoms with Gasteiger partial charge in [-0.25, -0.2) is 0 Å². The molecule has 18 heavy (non-hydrogen) atoms. The molecule has 0 unspecified atom stereocenters. The summed E-state index contributed by atoms with van der Waals surface area (Å²) in [4.78, 5) is 4.31. The number of fused-ring (bicyclic) bond motifs is 1. The van der Waals surface area contributed by atoms with Crippen molar-refractivity contribution in [2.75, 3.05) is 5.73 Å². The predicted octanol–water partition coefficient (Wildman–Crippen LogP) is 2.98. The maximum absolute atomic E-state index is 5.66. The number of hydrogen-bond donors (Lipinski definition) is 1. The van der Waals surface area contributed by atoms with Crippen molar-refractivity contribution in [2.45, 2.75) is 13.3 Å². The third kappa shape index (κ3) is 1.49. The second-order valence-electron chi connectivity index (χ2n) is 4.35. The van der Waals surface area contributed by atoms with Gasteiger partial charge in [0.2, 0.25) is 0 Å². The molecule has 0 spiro atoms. The molecule has 0 saturated carbocycles. The van der Waals surface area contributed by atoms with Gasteiger partial charge < -0.3 is 14.7 Å². The van der Waals surface area contributed by atoms with Gasteiger partial charge in [-0.05, 0) is 6.07 Å². The van der Waals surface area contributed by atoms with E-state index in [9.17, 15) is 0 Å². The second-order valence-corrected chi connectivity index (χ2v) is 4.35. The summed E-state index contributed by atoms with van der Waals surface area (Å²) in [5, 5.41) is 1.17. The molecule has 0 aliphatic rings. The molecule has 0 radical (unpaired) electrons. The van der Waals surface area contributed by atoms with Crippen molar-refractivity contribution < 1.29 is 4.42 Å². The van der Waals surface area contributed by atoms with Crippen molar-refractivity contribution in [3.63, 3.8) is 0 Å². The van der Waals surface area contributed by atoms with Crippen molar-refractivity contribution in [3.05, 3.63) is 36.2 Å². The Morgan fingerprint density at radius 3 is 2.89 bits per heavy atom. The summed E-state index contributed by atoms with van der Waals surface area (Å²) >= 11 is 0. The zero-order valence-electron chi connectivity index (χ0n) is 10.5. The standard InChI is InChI=1S/C14H15N3O/c1-3-12-13(16-14(15)18-12)10-8-17(2)11-7-5-4-6-9(10)11/h4-8H,3H2,1-2H3,(H2,15,16). The Labute approximate surface area is 105 Å². The number of nitrogens with zero attached hydrogens (tertiary/aromatic N) is 2. The summed E-state index contributed by atoms with van der Waals surface area (Å²) in [5.74, 6) is 0.837. The lowest BCUT2D eigenvalue weighted by atomic mass is 10.1. The van der Waals surface area contributed by atoms with Crippen molar-refractivity contribution in [2.24, 2.45) is 7.05 Å². The van der Waals surface area contributed by atoms with E-state index in [0.29, 0.717) is 0 Å². The molecule has 4 nitrogen and oxygen atoms in total. The molecular formula is C14H15N3O. The first-order valence-corrected chi connectivity index (χ1v) is 6.00. The van der Waals surface area contributed by atoms with Crippen LogP contribution in [0.3, 0.4) is 0 Å². The zero-order chi connectivity index (χ0) is 12.7. The van der Waals surface area contributed by atoms with Gasteiger partial charge in [0.1, 0.15) is 11.5 Å². The van der Waals surface area contributed by atoms with Crippen LogP contribution in [-0.2, 0) is 13.5 Å². The number of benzene rings is 1. The lowest BCUT2D eigenvalue weighted by Crippen LogP contribution is -1.84. The van der Waals surface area contributed by atoms with Gasteiger partial charge in [0.25, 0.3) is 6.01 Å². The average molecular weight is 241 g/mol. The van der Waals surface area contributed by atoms with E-state index in [1.54, 1.807) is 0 Å². The van der Waals surface area contributed by atoms with E-state index in [-0.39, 0.29) is 6.01 Å². The van der Waals surface area contributed by atoms with Gasteiger partial charge in [0.15, 0.2) is 0 Å². The molecule has 0 amide bonds. The molecule has 0 saturated heterocycles. The minimum atomic E-state index is 0.231. The van der Waals surface area contributed by atoms with Crippen LogP contribution in [0.2, 0.25) is 0 Å². The van der Waals surface area contributed by atoms with Crippen LogP contribution in [0, 0.1) is 0 Å². The highest BCUT2D eigenvalue weighted by Crippen LogP contribution is 2.32. The molecule has 4 heteroatoms. The average Bonchev–Trinajstić information content (AvgIpc) is 2.91. The number of rotatable bonds is 2. The Bertz CT molecular complexity index is 709. The highest BCUT2D eigenvalue weighted by Gasteiger charge is 2.16. The monoisotopic (exact) mass is 241 g/mol. The second kappa shape index (κ2) is 3.91. The predicted molar refractivity (Wildman–Crippen MR) is 72.2 cm³/mol. The van der Waals surface area contributed by atoms with Gasteiger partial charge in [-0.3, -0.25) is 0 Å². The number of nitrogens with two attached hydrogens (primary N) is 1. The lowest BCUT2D eigenvalue weighted by molar-refractivity contribution is 0.530. The third-order valence-electron chi connectivity index (χ3n) is 3.19. The first-order chi connectivity index (χ1) is 8.70. The van der Waals surface area contributed by atoms with Crippen LogP contribution >= 0.6 is 0 Å². The van der Waals surface area contributed by atoms with E-state index >= 15 is 0 Å². The Balaban J connectivity index is 2.31. The Kier molecular flexibility index (Phi) is 2.37. The molecule has 0 aliphatic carbocycles. The molecule has 0 bridgehead atoms. The van der Waals surface area contributed by atoms with Crippen molar-refractivity contribution in [1.82, 2.24) is 9.55 Å². The van der Waals surface area contributed by atoms with Crippen LogP contribution in [0.4, 0.5) is 6.01 Å². The number of nitrogen functional groups attached to an aromatic ring is 1. The molecule has 92 valence electrons. The first-order valence-electron chi connectivity index (χ1n) is 6.00. The molecule has 2 heterocycles. The van der Waals surface area contributed by atoms with Crippen LogP contribution in [0.5, 0.6) is 0 Å². The maximum atomic E-state index is 5.66. The van der Waals surface area contributed by atoms with Crippen LogP contribution in [0.15, 0.2) is 34.9 Å². The number of hydrogen-bond acceptors (Lipinski definition) is 3. The fraction of sp³-hybridized carbons (Fsp3) is 0.214. The number of oxazole rings is 1. The maximum Gasteiger partial charge on any atom is 0.292 e. The molecule has 3 rings (SSSR count). The van der Waals surface area contributed by atoms with Gasteiger partial charge >= 0.3 is 0 Å². The van der Waals surface area contributed by atoms with E-state index in [1.165, 1.54) is 10.9 Å². The van der Waals surface area contributed by atoms with Crippen LogP contribution in [0.25, 0.3) is 22.2 Å². The largest absolute Gasteiger partial charge is 0.428 e. The van der Waals surface area contributed by atoms with Crippen molar-refractivity contribution in [1.29, 1.82) is 0 Å². The summed E-state index contributed by atoms with van der Waals surface area (Å²) in [6, 6.07) is 8.48. The topological polar surface area (TPSA) is 57.0 Å². The summed E-state index contributed by atoms with van der Waals surface area (Å²) in [5.41, 5.74) is 8.76. The summed E-state index contributed by atoms with van der Waals surface area (Å²) < 4.78 is 7.53. The SMILES string of the molecule is CCc1oc(N)nc1-c1cn(C)c2ccccc12. The van der Waals surface area contributed by atoms with Crippen molar-refractivity contribution in [3.8, 4) is 11.3 Å². The molecule has 1 aromatic carbocycles. The number of aromatic nitrogens is 2. The van der Waals surface area contributed by atoms with Crippen LogP contribution in [-0.4, -0.2) is 9.55 Å². The molecular weight excluding hydrogens is 226 g/mol. The van der Waals surface area contributed by atoms with Crippen LogP contribution in [0.1, 0.15) is 12.7 Å². The molecule has 0 fully saturated rings. The molecule has 2 N–H and O–H groups in total.